The van der Waals surface area contributed by atoms with Crippen molar-refractivity contribution in [1.82, 2.24) is 4.98 Å². The quantitative estimate of drug-likeness (QED) is 0.879. The van der Waals surface area contributed by atoms with Gasteiger partial charge in [0.25, 0.3) is 0 Å². The van der Waals surface area contributed by atoms with E-state index in [1.54, 1.807) is 30.5 Å². The van der Waals surface area contributed by atoms with Crippen molar-refractivity contribution in [2.24, 2.45) is 5.73 Å². The second kappa shape index (κ2) is 4.92. The average molecular weight is 268 g/mol. The maximum atomic E-state index is 6.12. The minimum Gasteiger partial charge on any atom is -0.383 e. The molecular formula is C12H11Cl2N3. The molecule has 2 rings (SSSR count). The molecule has 0 radical (unpaired) electrons. The molecule has 5 heteroatoms. The van der Waals surface area contributed by atoms with Gasteiger partial charge < -0.3 is 11.5 Å². The second-order valence-corrected chi connectivity index (χ2v) is 4.53. The summed E-state index contributed by atoms with van der Waals surface area (Å²) >= 11 is 11.9. The molecule has 0 amide bonds. The fourth-order valence-electron chi connectivity index (χ4n) is 1.63. The van der Waals surface area contributed by atoms with Crippen molar-refractivity contribution in [3.8, 4) is 0 Å². The Balaban J connectivity index is 2.43. The van der Waals surface area contributed by atoms with Gasteiger partial charge in [-0.05, 0) is 29.8 Å². The third kappa shape index (κ3) is 2.69. The van der Waals surface area contributed by atoms with Crippen LogP contribution in [-0.4, -0.2) is 4.98 Å². The van der Waals surface area contributed by atoms with E-state index in [-0.39, 0.29) is 6.04 Å². The molecule has 1 aromatic heterocycles. The summed E-state index contributed by atoms with van der Waals surface area (Å²) in [6.45, 7) is 0. The van der Waals surface area contributed by atoms with Crippen molar-refractivity contribution in [3.63, 3.8) is 0 Å². The molecule has 4 N–H and O–H groups in total. The van der Waals surface area contributed by atoms with E-state index < -0.39 is 0 Å². The van der Waals surface area contributed by atoms with Gasteiger partial charge in [0.2, 0.25) is 0 Å². The molecule has 0 saturated carbocycles. The lowest BCUT2D eigenvalue weighted by atomic mass is 10.0. The number of anilines is 1. The molecule has 0 aliphatic carbocycles. The number of halogens is 2. The Bertz CT molecular complexity index is 523. The molecule has 0 aliphatic heterocycles. The van der Waals surface area contributed by atoms with Crippen molar-refractivity contribution in [2.45, 2.75) is 6.04 Å². The summed E-state index contributed by atoms with van der Waals surface area (Å²) in [5.41, 5.74) is 13.5. The van der Waals surface area contributed by atoms with Crippen LogP contribution in [0, 0.1) is 0 Å². The van der Waals surface area contributed by atoms with Crippen molar-refractivity contribution >= 4 is 29.0 Å². The van der Waals surface area contributed by atoms with Crippen LogP contribution in [0.2, 0.25) is 10.0 Å². The normalized spacial score (nSPS) is 12.4. The van der Waals surface area contributed by atoms with E-state index in [1.165, 1.54) is 0 Å². The summed E-state index contributed by atoms with van der Waals surface area (Å²) in [4.78, 5) is 4.00. The minimum atomic E-state index is -0.389. The number of hydrogen-bond donors (Lipinski definition) is 2. The number of pyridine rings is 1. The van der Waals surface area contributed by atoms with Gasteiger partial charge >= 0.3 is 0 Å². The van der Waals surface area contributed by atoms with Crippen LogP contribution in [0.5, 0.6) is 0 Å². The number of nitrogens with zero attached hydrogens (tertiary/aromatic N) is 1. The van der Waals surface area contributed by atoms with Gasteiger partial charge in [0.15, 0.2) is 0 Å². The first-order valence-electron chi connectivity index (χ1n) is 5.00. The monoisotopic (exact) mass is 267 g/mol. The fourth-order valence-corrected chi connectivity index (χ4v) is 2.17. The molecule has 3 nitrogen and oxygen atoms in total. The lowest BCUT2D eigenvalue weighted by Gasteiger charge is -2.14. The first-order valence-corrected chi connectivity index (χ1v) is 5.75. The molecule has 2 aromatic rings. The third-order valence-electron chi connectivity index (χ3n) is 2.45. The molecule has 1 aromatic carbocycles. The topological polar surface area (TPSA) is 64.9 Å². The lowest BCUT2D eigenvalue weighted by molar-refractivity contribution is 0.868. The number of nitrogens with two attached hydrogens (primary N) is 2. The van der Waals surface area contributed by atoms with Crippen LogP contribution in [0.1, 0.15) is 17.2 Å². The fraction of sp³-hybridized carbons (Fsp3) is 0.0833. The molecule has 0 spiro atoms. The average Bonchev–Trinajstić information content (AvgIpc) is 2.27. The van der Waals surface area contributed by atoms with Gasteiger partial charge in [-0.1, -0.05) is 29.3 Å². The highest BCUT2D eigenvalue weighted by molar-refractivity contribution is 6.34. The van der Waals surface area contributed by atoms with Gasteiger partial charge in [0.1, 0.15) is 5.82 Å². The molecule has 0 aliphatic rings. The van der Waals surface area contributed by atoms with Crippen molar-refractivity contribution in [1.29, 1.82) is 0 Å². The summed E-state index contributed by atoms with van der Waals surface area (Å²) < 4.78 is 0. The Morgan fingerprint density at radius 1 is 1.12 bits per heavy atom. The molecular weight excluding hydrogens is 257 g/mol. The standard InChI is InChI=1S/C12H11Cl2N3/c13-8-4-7(5-9(14)6-8)11(15)10-2-1-3-17-12(10)16/h1-6,11H,15H2,(H2,16,17). The zero-order valence-corrected chi connectivity index (χ0v) is 10.4. The lowest BCUT2D eigenvalue weighted by Crippen LogP contribution is -2.14. The summed E-state index contributed by atoms with van der Waals surface area (Å²) in [6, 6.07) is 8.43. The van der Waals surface area contributed by atoms with E-state index in [4.69, 9.17) is 34.7 Å². The van der Waals surface area contributed by atoms with Gasteiger partial charge in [0.05, 0.1) is 6.04 Å². The SMILES string of the molecule is Nc1ncccc1C(N)c1cc(Cl)cc(Cl)c1. The maximum absolute atomic E-state index is 6.12. The summed E-state index contributed by atoms with van der Waals surface area (Å²) in [7, 11) is 0. The van der Waals surface area contributed by atoms with E-state index in [0.717, 1.165) is 11.1 Å². The number of aromatic nitrogens is 1. The van der Waals surface area contributed by atoms with E-state index in [0.29, 0.717) is 15.9 Å². The summed E-state index contributed by atoms with van der Waals surface area (Å²) in [5, 5.41) is 1.09. The zero-order chi connectivity index (χ0) is 12.4. The Hall–Kier alpha value is -1.29. The highest BCUT2D eigenvalue weighted by atomic mass is 35.5. The van der Waals surface area contributed by atoms with Crippen LogP contribution < -0.4 is 11.5 Å². The maximum Gasteiger partial charge on any atom is 0.128 e. The van der Waals surface area contributed by atoms with Crippen LogP contribution >= 0.6 is 23.2 Å². The van der Waals surface area contributed by atoms with Gasteiger partial charge in [-0.2, -0.15) is 0 Å². The molecule has 0 fully saturated rings. The second-order valence-electron chi connectivity index (χ2n) is 3.66. The third-order valence-corrected chi connectivity index (χ3v) is 2.89. The number of rotatable bonds is 2. The molecule has 0 saturated heterocycles. The Labute approximate surface area is 109 Å². The van der Waals surface area contributed by atoms with E-state index >= 15 is 0 Å². The van der Waals surface area contributed by atoms with Crippen LogP contribution in [0.4, 0.5) is 5.82 Å². The first kappa shape index (κ1) is 12.2. The highest BCUT2D eigenvalue weighted by Crippen LogP contribution is 2.27. The van der Waals surface area contributed by atoms with Crippen LogP contribution in [0.3, 0.4) is 0 Å². The largest absolute Gasteiger partial charge is 0.383 e. The molecule has 1 atom stereocenters. The van der Waals surface area contributed by atoms with Gasteiger partial charge in [-0.3, -0.25) is 0 Å². The zero-order valence-electron chi connectivity index (χ0n) is 8.90. The Morgan fingerprint density at radius 2 is 1.76 bits per heavy atom. The van der Waals surface area contributed by atoms with Gasteiger partial charge in [0, 0.05) is 21.8 Å². The van der Waals surface area contributed by atoms with E-state index in [1.807, 2.05) is 6.07 Å². The molecule has 1 heterocycles. The Morgan fingerprint density at radius 3 is 2.35 bits per heavy atom. The van der Waals surface area contributed by atoms with Crippen LogP contribution in [0.25, 0.3) is 0 Å². The van der Waals surface area contributed by atoms with Crippen molar-refractivity contribution in [3.05, 3.63) is 57.7 Å². The summed E-state index contributed by atoms with van der Waals surface area (Å²) in [5.74, 6) is 0.413. The van der Waals surface area contributed by atoms with Crippen molar-refractivity contribution in [2.75, 3.05) is 5.73 Å². The van der Waals surface area contributed by atoms with Crippen molar-refractivity contribution < 1.29 is 0 Å². The van der Waals surface area contributed by atoms with E-state index in [9.17, 15) is 0 Å². The highest BCUT2D eigenvalue weighted by Gasteiger charge is 2.13. The number of benzene rings is 1. The minimum absolute atomic E-state index is 0.389. The van der Waals surface area contributed by atoms with E-state index in [2.05, 4.69) is 4.98 Å². The predicted octanol–water partition coefficient (Wildman–Crippen LogP) is 3.02. The summed E-state index contributed by atoms with van der Waals surface area (Å²) in [6.07, 6.45) is 1.62. The van der Waals surface area contributed by atoms with Crippen LogP contribution in [0.15, 0.2) is 36.5 Å². The van der Waals surface area contributed by atoms with Gasteiger partial charge in [-0.15, -0.1) is 0 Å². The number of hydrogen-bond acceptors (Lipinski definition) is 3. The van der Waals surface area contributed by atoms with Crippen LogP contribution in [-0.2, 0) is 0 Å². The molecule has 1 unspecified atom stereocenters. The smallest absolute Gasteiger partial charge is 0.128 e. The molecule has 0 bridgehead atoms. The van der Waals surface area contributed by atoms with Gasteiger partial charge in [-0.25, -0.2) is 4.98 Å². The number of nitrogen functional groups attached to an aromatic ring is 1. The first-order chi connectivity index (χ1) is 8.08. The Kier molecular flexibility index (Phi) is 3.52. The molecule has 17 heavy (non-hydrogen) atoms. The predicted molar refractivity (Wildman–Crippen MR) is 71.1 cm³/mol. The molecule has 88 valence electrons.